The minimum Gasteiger partial charge on any atom is -0.508 e. The first-order valence-corrected chi connectivity index (χ1v) is 9.94. The van der Waals surface area contributed by atoms with E-state index in [1.54, 1.807) is 19.1 Å². The number of hydrogen-bond donors (Lipinski definition) is 4. The summed E-state index contributed by atoms with van der Waals surface area (Å²) in [4.78, 5) is 24.6. The maximum atomic E-state index is 12.4. The summed E-state index contributed by atoms with van der Waals surface area (Å²) in [6.07, 6.45) is 2.06. The second kappa shape index (κ2) is 10.6. The van der Waals surface area contributed by atoms with Gasteiger partial charge in [-0.05, 0) is 74.4 Å². The lowest BCUT2D eigenvalue weighted by Gasteiger charge is -2.19. The van der Waals surface area contributed by atoms with Crippen molar-refractivity contribution in [2.24, 2.45) is 5.73 Å². The van der Waals surface area contributed by atoms with Crippen LogP contribution >= 0.6 is 0 Å². The molecule has 2 amide bonds. The molecule has 6 nitrogen and oxygen atoms in total. The molecule has 0 saturated heterocycles. The van der Waals surface area contributed by atoms with Gasteiger partial charge in [-0.1, -0.05) is 30.3 Å². The molecule has 29 heavy (non-hydrogen) atoms. The van der Waals surface area contributed by atoms with Crippen molar-refractivity contribution in [1.29, 1.82) is 0 Å². The molecular formula is C23H31N3O3. The van der Waals surface area contributed by atoms with Gasteiger partial charge in [-0.3, -0.25) is 9.59 Å². The van der Waals surface area contributed by atoms with Crippen LogP contribution in [0.2, 0.25) is 0 Å². The topological polar surface area (TPSA) is 104 Å². The van der Waals surface area contributed by atoms with Crippen molar-refractivity contribution in [3.63, 3.8) is 0 Å². The number of carbonyl (C=O) groups excluding carboxylic acids is 2. The number of amides is 2. The zero-order chi connectivity index (χ0) is 21.4. The first-order valence-electron chi connectivity index (χ1n) is 9.94. The Hall–Kier alpha value is -2.86. The molecule has 156 valence electrons. The van der Waals surface area contributed by atoms with Crippen molar-refractivity contribution in [3.8, 4) is 5.75 Å². The molecule has 0 spiro atoms. The first kappa shape index (κ1) is 22.4. The van der Waals surface area contributed by atoms with Crippen LogP contribution in [-0.2, 0) is 22.4 Å². The molecule has 0 aliphatic carbocycles. The van der Waals surface area contributed by atoms with Crippen molar-refractivity contribution in [2.75, 3.05) is 6.54 Å². The monoisotopic (exact) mass is 397 g/mol. The highest BCUT2D eigenvalue weighted by Gasteiger charge is 2.21. The molecule has 5 N–H and O–H groups in total. The van der Waals surface area contributed by atoms with E-state index in [-0.39, 0.29) is 17.6 Å². The molecule has 0 aliphatic rings. The summed E-state index contributed by atoms with van der Waals surface area (Å²) in [6.45, 7) is 5.94. The van der Waals surface area contributed by atoms with Gasteiger partial charge in [-0.15, -0.1) is 0 Å². The number of benzene rings is 2. The van der Waals surface area contributed by atoms with Crippen LogP contribution in [0.5, 0.6) is 5.75 Å². The van der Waals surface area contributed by atoms with Gasteiger partial charge in [-0.2, -0.15) is 0 Å². The minimum absolute atomic E-state index is 0.194. The van der Waals surface area contributed by atoms with Gasteiger partial charge in [0, 0.05) is 6.54 Å². The van der Waals surface area contributed by atoms with Gasteiger partial charge < -0.3 is 21.5 Å². The SMILES string of the molecule is Cc1cc(O)cc(C)c1C[C@H](N)C(=O)N[C@@H](C)C(=O)NCCCc1ccccc1. The molecule has 0 aromatic heterocycles. The van der Waals surface area contributed by atoms with E-state index in [9.17, 15) is 14.7 Å². The molecule has 6 heteroatoms. The number of aromatic hydroxyl groups is 1. The smallest absolute Gasteiger partial charge is 0.242 e. The second-order valence-electron chi connectivity index (χ2n) is 7.48. The number of phenols is 1. The highest BCUT2D eigenvalue weighted by atomic mass is 16.3. The maximum absolute atomic E-state index is 12.4. The van der Waals surface area contributed by atoms with Crippen LogP contribution in [0.3, 0.4) is 0 Å². The number of carbonyl (C=O) groups is 2. The number of nitrogens with one attached hydrogen (secondary N) is 2. The molecular weight excluding hydrogens is 366 g/mol. The van der Waals surface area contributed by atoms with Crippen molar-refractivity contribution in [1.82, 2.24) is 10.6 Å². The third-order valence-corrected chi connectivity index (χ3v) is 4.98. The largest absolute Gasteiger partial charge is 0.508 e. The van der Waals surface area contributed by atoms with Gasteiger partial charge in [0.15, 0.2) is 0 Å². The molecule has 2 atom stereocenters. The van der Waals surface area contributed by atoms with E-state index < -0.39 is 12.1 Å². The van der Waals surface area contributed by atoms with Crippen LogP contribution in [0.25, 0.3) is 0 Å². The Kier molecular flexibility index (Phi) is 8.21. The molecule has 2 aromatic carbocycles. The first-order chi connectivity index (χ1) is 13.8. The lowest BCUT2D eigenvalue weighted by Crippen LogP contribution is -2.51. The van der Waals surface area contributed by atoms with Gasteiger partial charge in [0.1, 0.15) is 11.8 Å². The summed E-state index contributed by atoms with van der Waals surface area (Å²) >= 11 is 0. The van der Waals surface area contributed by atoms with Crippen LogP contribution in [-0.4, -0.2) is 35.5 Å². The van der Waals surface area contributed by atoms with Crippen LogP contribution in [0.15, 0.2) is 42.5 Å². The van der Waals surface area contributed by atoms with Crippen molar-refractivity contribution in [3.05, 3.63) is 64.7 Å². The van der Waals surface area contributed by atoms with Crippen molar-refractivity contribution in [2.45, 2.75) is 52.1 Å². The average molecular weight is 398 g/mol. The fourth-order valence-electron chi connectivity index (χ4n) is 3.29. The lowest BCUT2D eigenvalue weighted by molar-refractivity contribution is -0.129. The quantitative estimate of drug-likeness (QED) is 0.487. The number of phenolic OH excluding ortho intramolecular Hbond substituents is 1. The Bertz CT molecular complexity index is 814. The molecule has 0 saturated carbocycles. The number of aryl methyl sites for hydroxylation is 3. The number of rotatable bonds is 9. The lowest BCUT2D eigenvalue weighted by atomic mass is 9.96. The van der Waals surface area contributed by atoms with E-state index in [1.807, 2.05) is 32.0 Å². The standard InChI is InChI=1S/C23H31N3O3/c1-15-12-19(27)13-16(2)20(15)14-21(24)23(29)26-17(3)22(28)25-11-7-10-18-8-5-4-6-9-18/h4-6,8-9,12-13,17,21,27H,7,10-11,14,24H2,1-3H3,(H,25,28)(H,26,29)/t17-,21-/m0/s1. The third-order valence-electron chi connectivity index (χ3n) is 4.98. The van der Waals surface area contributed by atoms with E-state index in [0.29, 0.717) is 13.0 Å². The summed E-state index contributed by atoms with van der Waals surface area (Å²) in [6, 6.07) is 12.0. The Morgan fingerprint density at radius 1 is 1.07 bits per heavy atom. The predicted octanol–water partition coefficient (Wildman–Crippen LogP) is 2.13. The summed E-state index contributed by atoms with van der Waals surface area (Å²) in [7, 11) is 0. The zero-order valence-corrected chi connectivity index (χ0v) is 17.4. The number of nitrogens with two attached hydrogens (primary N) is 1. The Morgan fingerprint density at radius 2 is 1.69 bits per heavy atom. The average Bonchev–Trinajstić information content (AvgIpc) is 2.68. The second-order valence-corrected chi connectivity index (χ2v) is 7.48. The van der Waals surface area contributed by atoms with Crippen molar-refractivity contribution >= 4 is 11.8 Å². The molecule has 0 bridgehead atoms. The summed E-state index contributed by atoms with van der Waals surface area (Å²) in [5, 5.41) is 15.2. The van der Waals surface area contributed by atoms with Gasteiger partial charge in [0.05, 0.1) is 6.04 Å². The van der Waals surface area contributed by atoms with Gasteiger partial charge >= 0.3 is 0 Å². The molecule has 2 aromatic rings. The fourth-order valence-corrected chi connectivity index (χ4v) is 3.29. The number of hydrogen-bond acceptors (Lipinski definition) is 4. The molecule has 0 radical (unpaired) electrons. The predicted molar refractivity (Wildman–Crippen MR) is 115 cm³/mol. The van der Waals surface area contributed by atoms with Gasteiger partial charge in [0.25, 0.3) is 0 Å². The summed E-state index contributed by atoms with van der Waals surface area (Å²) < 4.78 is 0. The normalized spacial score (nSPS) is 12.8. The Morgan fingerprint density at radius 3 is 2.31 bits per heavy atom. The fraction of sp³-hybridized carbons (Fsp3) is 0.391. The van der Waals surface area contributed by atoms with Crippen LogP contribution in [0, 0.1) is 13.8 Å². The molecule has 2 rings (SSSR count). The van der Waals surface area contributed by atoms with E-state index >= 15 is 0 Å². The molecule has 0 heterocycles. The zero-order valence-electron chi connectivity index (χ0n) is 17.4. The third kappa shape index (κ3) is 6.91. The highest BCUT2D eigenvalue weighted by molar-refractivity contribution is 5.89. The summed E-state index contributed by atoms with van der Waals surface area (Å²) in [5.74, 6) is -0.404. The van der Waals surface area contributed by atoms with Crippen molar-refractivity contribution < 1.29 is 14.7 Å². The Balaban J connectivity index is 1.77. The Labute approximate surface area is 172 Å². The van der Waals surface area contributed by atoms with Crippen LogP contribution in [0.4, 0.5) is 0 Å². The van der Waals surface area contributed by atoms with Crippen LogP contribution < -0.4 is 16.4 Å². The van der Waals surface area contributed by atoms with E-state index in [2.05, 4.69) is 22.8 Å². The van der Waals surface area contributed by atoms with Gasteiger partial charge in [-0.25, -0.2) is 0 Å². The van der Waals surface area contributed by atoms with E-state index in [1.165, 1.54) is 5.56 Å². The summed E-state index contributed by atoms with van der Waals surface area (Å²) in [5.41, 5.74) is 9.99. The molecule has 0 unspecified atom stereocenters. The molecule has 0 aliphatic heterocycles. The maximum Gasteiger partial charge on any atom is 0.242 e. The van der Waals surface area contributed by atoms with Gasteiger partial charge in [0.2, 0.25) is 11.8 Å². The van der Waals surface area contributed by atoms with E-state index in [4.69, 9.17) is 5.73 Å². The highest BCUT2D eigenvalue weighted by Crippen LogP contribution is 2.21. The molecule has 0 fully saturated rings. The van der Waals surface area contributed by atoms with E-state index in [0.717, 1.165) is 29.5 Å². The van der Waals surface area contributed by atoms with Crippen LogP contribution in [0.1, 0.15) is 35.6 Å². The minimum atomic E-state index is -0.773.